The van der Waals surface area contributed by atoms with E-state index in [1.165, 1.54) is 0 Å². The molecular weight excluding hydrogens is 232 g/mol. The number of nitrogens with one attached hydrogen (secondary N) is 2. The summed E-state index contributed by atoms with van der Waals surface area (Å²) in [6.07, 6.45) is 2.32. The van der Waals surface area contributed by atoms with Crippen LogP contribution in [-0.2, 0) is 6.42 Å². The Labute approximate surface area is 106 Å². The van der Waals surface area contributed by atoms with E-state index in [2.05, 4.69) is 10.7 Å². The summed E-state index contributed by atoms with van der Waals surface area (Å²) >= 11 is 0. The molecule has 6 heteroatoms. The van der Waals surface area contributed by atoms with E-state index in [1.54, 1.807) is 6.20 Å². The van der Waals surface area contributed by atoms with Crippen LogP contribution in [0.3, 0.4) is 0 Å². The third-order valence-electron chi connectivity index (χ3n) is 2.88. The Morgan fingerprint density at radius 3 is 2.94 bits per heavy atom. The summed E-state index contributed by atoms with van der Waals surface area (Å²) in [6, 6.07) is 5.89. The molecule has 0 radical (unpaired) electrons. The average Bonchev–Trinajstić information content (AvgIpc) is 2.83. The first-order valence-corrected chi connectivity index (χ1v) is 5.72. The maximum Gasteiger partial charge on any atom is 0.231 e. The number of hydrazine groups is 1. The van der Waals surface area contributed by atoms with Crippen LogP contribution in [0, 0.1) is 0 Å². The molecule has 18 heavy (non-hydrogen) atoms. The number of nitrogens with two attached hydrogens (primary N) is 2. The molecule has 1 aromatic carbocycles. The molecule has 98 valence electrons. The van der Waals surface area contributed by atoms with Crippen LogP contribution in [0.5, 0.6) is 11.5 Å². The largest absolute Gasteiger partial charge is 0.454 e. The minimum atomic E-state index is 0.0152. The van der Waals surface area contributed by atoms with Crippen LogP contribution in [0.4, 0.5) is 0 Å². The van der Waals surface area contributed by atoms with E-state index in [4.69, 9.17) is 21.1 Å². The Morgan fingerprint density at radius 2 is 2.22 bits per heavy atom. The van der Waals surface area contributed by atoms with Gasteiger partial charge in [-0.05, 0) is 31.2 Å². The molecule has 0 spiro atoms. The lowest BCUT2D eigenvalue weighted by molar-refractivity contribution is 0.174. The molecule has 1 heterocycles. The van der Waals surface area contributed by atoms with Crippen molar-refractivity contribution in [3.63, 3.8) is 0 Å². The molecule has 2 rings (SSSR count). The first-order valence-electron chi connectivity index (χ1n) is 5.72. The van der Waals surface area contributed by atoms with Gasteiger partial charge in [0.25, 0.3) is 0 Å². The molecule has 0 aromatic heterocycles. The Morgan fingerprint density at radius 1 is 1.44 bits per heavy atom. The highest BCUT2D eigenvalue weighted by Crippen LogP contribution is 2.32. The van der Waals surface area contributed by atoms with Crippen molar-refractivity contribution in [3.8, 4) is 11.5 Å². The monoisotopic (exact) mass is 250 g/mol. The molecule has 6 nitrogen and oxygen atoms in total. The molecule has 0 amide bonds. The fourth-order valence-corrected chi connectivity index (χ4v) is 1.89. The normalized spacial score (nSPS) is 15.6. The van der Waals surface area contributed by atoms with Gasteiger partial charge in [0.05, 0.1) is 6.04 Å². The average molecular weight is 250 g/mol. The zero-order valence-corrected chi connectivity index (χ0v) is 10.3. The van der Waals surface area contributed by atoms with Crippen LogP contribution in [-0.4, -0.2) is 19.9 Å². The van der Waals surface area contributed by atoms with Gasteiger partial charge in [-0.25, -0.2) is 0 Å². The van der Waals surface area contributed by atoms with Gasteiger partial charge >= 0.3 is 0 Å². The SMILES string of the molecule is CNC(Cc1ccc2c(c1)OCO2)/C(N)=C/NN. The molecule has 0 saturated carbocycles. The predicted octanol–water partition coefficient (Wildman–Crippen LogP) is -0.191. The Bertz CT molecular complexity index is 448. The molecule has 6 N–H and O–H groups in total. The molecule has 0 fully saturated rings. The summed E-state index contributed by atoms with van der Waals surface area (Å²) in [4.78, 5) is 0. The standard InChI is InChI=1S/C12H18N4O2/c1-15-10(9(13)6-16-14)4-8-2-3-11-12(5-8)18-7-17-11/h2-3,5-6,10,15-16H,4,7,13-14H2,1H3/b9-6-. The van der Waals surface area contributed by atoms with Crippen LogP contribution in [0.15, 0.2) is 30.1 Å². The smallest absolute Gasteiger partial charge is 0.231 e. The summed E-state index contributed by atoms with van der Waals surface area (Å²) in [7, 11) is 1.86. The topological polar surface area (TPSA) is 94.6 Å². The lowest BCUT2D eigenvalue weighted by Crippen LogP contribution is -2.35. The Hall–Kier alpha value is -1.92. The van der Waals surface area contributed by atoms with Gasteiger partial charge in [-0.2, -0.15) is 0 Å². The quantitative estimate of drug-likeness (QED) is 0.427. The number of rotatable bonds is 5. The van der Waals surface area contributed by atoms with Crippen molar-refractivity contribution in [2.75, 3.05) is 13.8 Å². The molecule has 1 atom stereocenters. The number of benzene rings is 1. The second kappa shape index (κ2) is 5.61. The van der Waals surface area contributed by atoms with Gasteiger partial charge in [0, 0.05) is 11.9 Å². The minimum absolute atomic E-state index is 0.0152. The van der Waals surface area contributed by atoms with Crippen LogP contribution < -0.4 is 31.8 Å². The van der Waals surface area contributed by atoms with Gasteiger partial charge in [0.1, 0.15) is 0 Å². The molecule has 1 aromatic rings. The summed E-state index contributed by atoms with van der Waals surface area (Å²) in [5.74, 6) is 6.78. The van der Waals surface area contributed by atoms with Crippen molar-refractivity contribution >= 4 is 0 Å². The number of hydrogen-bond acceptors (Lipinski definition) is 6. The van der Waals surface area contributed by atoms with Crippen LogP contribution >= 0.6 is 0 Å². The number of fused-ring (bicyclic) bond motifs is 1. The molecule has 1 unspecified atom stereocenters. The Balaban J connectivity index is 2.10. The highest BCUT2D eigenvalue weighted by atomic mass is 16.7. The van der Waals surface area contributed by atoms with Crippen LogP contribution in [0.25, 0.3) is 0 Å². The lowest BCUT2D eigenvalue weighted by Gasteiger charge is -2.17. The van der Waals surface area contributed by atoms with Gasteiger partial charge in [-0.1, -0.05) is 6.07 Å². The van der Waals surface area contributed by atoms with E-state index in [9.17, 15) is 0 Å². The van der Waals surface area contributed by atoms with E-state index >= 15 is 0 Å². The highest BCUT2D eigenvalue weighted by molar-refractivity contribution is 5.44. The minimum Gasteiger partial charge on any atom is -0.454 e. The second-order valence-corrected chi connectivity index (χ2v) is 4.04. The van der Waals surface area contributed by atoms with Gasteiger partial charge in [0.2, 0.25) is 6.79 Å². The van der Waals surface area contributed by atoms with Gasteiger partial charge in [0.15, 0.2) is 11.5 Å². The fourth-order valence-electron chi connectivity index (χ4n) is 1.89. The highest BCUT2D eigenvalue weighted by Gasteiger charge is 2.16. The second-order valence-electron chi connectivity index (χ2n) is 4.04. The summed E-state index contributed by atoms with van der Waals surface area (Å²) in [6.45, 7) is 0.285. The first kappa shape index (κ1) is 12.5. The summed E-state index contributed by atoms with van der Waals surface area (Å²) in [5, 5.41) is 3.14. The van der Waals surface area contributed by atoms with Crippen molar-refractivity contribution in [3.05, 3.63) is 35.7 Å². The first-order chi connectivity index (χ1) is 8.74. The molecule has 1 aliphatic rings. The fraction of sp³-hybridized carbons (Fsp3) is 0.333. The zero-order chi connectivity index (χ0) is 13.0. The van der Waals surface area contributed by atoms with E-state index in [1.807, 2.05) is 25.2 Å². The van der Waals surface area contributed by atoms with E-state index in [0.717, 1.165) is 23.5 Å². The predicted molar refractivity (Wildman–Crippen MR) is 68.7 cm³/mol. The van der Waals surface area contributed by atoms with Crippen molar-refractivity contribution < 1.29 is 9.47 Å². The third kappa shape index (κ3) is 2.66. The summed E-state index contributed by atoms with van der Waals surface area (Å²) < 4.78 is 10.6. The Kier molecular flexibility index (Phi) is 3.91. The molecule has 0 aliphatic carbocycles. The number of ether oxygens (including phenoxy) is 2. The lowest BCUT2D eigenvalue weighted by atomic mass is 10.0. The van der Waals surface area contributed by atoms with Gasteiger partial charge < -0.3 is 25.9 Å². The summed E-state index contributed by atoms with van der Waals surface area (Å²) in [5.41, 5.74) is 10.1. The molecular formula is C12H18N4O2. The number of likely N-dealkylation sites (N-methyl/N-ethyl adjacent to an activating group) is 1. The van der Waals surface area contributed by atoms with Gasteiger partial charge in [-0.15, -0.1) is 0 Å². The zero-order valence-electron chi connectivity index (χ0n) is 10.3. The van der Waals surface area contributed by atoms with E-state index < -0.39 is 0 Å². The molecule has 0 bridgehead atoms. The maximum atomic E-state index is 5.90. The molecule has 0 saturated heterocycles. The van der Waals surface area contributed by atoms with Gasteiger partial charge in [-0.3, -0.25) is 5.84 Å². The van der Waals surface area contributed by atoms with E-state index in [-0.39, 0.29) is 12.8 Å². The molecule has 1 aliphatic heterocycles. The third-order valence-corrected chi connectivity index (χ3v) is 2.88. The van der Waals surface area contributed by atoms with Crippen molar-refractivity contribution in [2.24, 2.45) is 11.6 Å². The van der Waals surface area contributed by atoms with Crippen LogP contribution in [0.2, 0.25) is 0 Å². The van der Waals surface area contributed by atoms with Crippen molar-refractivity contribution in [1.29, 1.82) is 0 Å². The van der Waals surface area contributed by atoms with Crippen LogP contribution in [0.1, 0.15) is 5.56 Å². The number of hydrogen-bond donors (Lipinski definition) is 4. The van der Waals surface area contributed by atoms with Crippen molar-refractivity contribution in [1.82, 2.24) is 10.7 Å². The van der Waals surface area contributed by atoms with Crippen molar-refractivity contribution in [2.45, 2.75) is 12.5 Å². The van der Waals surface area contributed by atoms with E-state index in [0.29, 0.717) is 5.70 Å². The maximum absolute atomic E-state index is 5.90.